The highest BCUT2D eigenvalue weighted by molar-refractivity contribution is 8.13. The second kappa shape index (κ2) is 4.51. The number of amides is 1. The monoisotopic (exact) mass is 291 g/mol. The predicted molar refractivity (Wildman–Crippen MR) is 68.2 cm³/mol. The molecular formula is C10H10ClNO3S2. The molecule has 0 atom stereocenters. The van der Waals surface area contributed by atoms with Crippen molar-refractivity contribution in [1.29, 1.82) is 0 Å². The predicted octanol–water partition coefficient (Wildman–Crippen LogP) is 2.07. The molecule has 2 rings (SSSR count). The third kappa shape index (κ3) is 2.59. The molecule has 0 radical (unpaired) electrons. The molecule has 1 heterocycles. The Morgan fingerprint density at radius 2 is 2.18 bits per heavy atom. The van der Waals surface area contributed by atoms with Gasteiger partial charge in [-0.25, -0.2) is 8.42 Å². The quantitative estimate of drug-likeness (QED) is 0.743. The molecule has 0 saturated heterocycles. The van der Waals surface area contributed by atoms with E-state index in [1.54, 1.807) is 22.7 Å². The van der Waals surface area contributed by atoms with Crippen LogP contribution in [0.1, 0.15) is 6.92 Å². The maximum Gasteiger partial charge on any atom is 0.261 e. The van der Waals surface area contributed by atoms with Crippen molar-refractivity contribution in [2.24, 2.45) is 0 Å². The van der Waals surface area contributed by atoms with Crippen molar-refractivity contribution in [3.8, 4) is 0 Å². The van der Waals surface area contributed by atoms with Gasteiger partial charge in [0, 0.05) is 34.8 Å². The first-order chi connectivity index (χ1) is 7.89. The molecule has 92 valence electrons. The highest BCUT2D eigenvalue weighted by atomic mass is 35.7. The van der Waals surface area contributed by atoms with Gasteiger partial charge < -0.3 is 4.90 Å². The number of carbonyl (C=O) groups excluding carboxylic acids is 1. The van der Waals surface area contributed by atoms with Crippen molar-refractivity contribution >= 4 is 43.1 Å². The molecule has 0 spiro atoms. The largest absolute Gasteiger partial charge is 0.311 e. The number of anilines is 1. The van der Waals surface area contributed by atoms with Crippen LogP contribution in [-0.2, 0) is 13.8 Å². The summed E-state index contributed by atoms with van der Waals surface area (Å²) < 4.78 is 22.5. The molecule has 0 fully saturated rings. The average molecular weight is 292 g/mol. The normalized spacial score (nSPS) is 15.5. The van der Waals surface area contributed by atoms with Crippen LogP contribution in [-0.4, -0.2) is 26.6 Å². The lowest BCUT2D eigenvalue weighted by Crippen LogP contribution is -2.33. The molecule has 0 bridgehead atoms. The van der Waals surface area contributed by atoms with Gasteiger partial charge in [-0.1, -0.05) is 0 Å². The molecule has 1 aliphatic rings. The van der Waals surface area contributed by atoms with E-state index in [9.17, 15) is 13.2 Å². The third-order valence-electron chi connectivity index (χ3n) is 2.46. The second-order valence-corrected chi connectivity index (χ2v) is 7.29. The van der Waals surface area contributed by atoms with E-state index >= 15 is 0 Å². The first kappa shape index (κ1) is 12.7. The number of nitrogens with zero attached hydrogens (tertiary/aromatic N) is 1. The number of carbonyl (C=O) groups is 1. The fourth-order valence-electron chi connectivity index (χ4n) is 1.68. The van der Waals surface area contributed by atoms with Crippen molar-refractivity contribution in [3.63, 3.8) is 0 Å². The summed E-state index contributed by atoms with van der Waals surface area (Å²) in [4.78, 5) is 13.9. The van der Waals surface area contributed by atoms with Crippen LogP contribution >= 0.6 is 22.4 Å². The van der Waals surface area contributed by atoms with E-state index in [1.807, 2.05) is 0 Å². The maximum atomic E-state index is 11.5. The fraction of sp³-hybridized carbons (Fsp3) is 0.300. The molecule has 1 aliphatic heterocycles. The van der Waals surface area contributed by atoms with Crippen LogP contribution in [0.2, 0.25) is 0 Å². The van der Waals surface area contributed by atoms with Crippen LogP contribution in [0.15, 0.2) is 28.0 Å². The molecule has 0 saturated carbocycles. The first-order valence-corrected chi connectivity index (χ1v) is 8.19. The molecular weight excluding hydrogens is 282 g/mol. The van der Waals surface area contributed by atoms with Crippen LogP contribution in [0.3, 0.4) is 0 Å². The number of rotatable bonds is 1. The van der Waals surface area contributed by atoms with Gasteiger partial charge >= 0.3 is 0 Å². The van der Waals surface area contributed by atoms with Gasteiger partial charge in [0.15, 0.2) is 0 Å². The standard InChI is InChI=1S/C10H10ClNO3S2/c1-7(13)12-4-5-16-10-3-2-8(6-9(10)12)17(11,14)15/h2-3,6H,4-5H2,1H3. The summed E-state index contributed by atoms with van der Waals surface area (Å²) in [5.41, 5.74) is 0.621. The molecule has 7 heteroatoms. The highest BCUT2D eigenvalue weighted by Crippen LogP contribution is 2.36. The minimum absolute atomic E-state index is 0.0201. The van der Waals surface area contributed by atoms with Gasteiger partial charge in [-0.05, 0) is 18.2 Å². The summed E-state index contributed by atoms with van der Waals surface area (Å²) in [5, 5.41) is 0. The zero-order valence-electron chi connectivity index (χ0n) is 9.01. The Hall–Kier alpha value is -0.720. The Labute approximate surface area is 108 Å². The number of halogens is 1. The van der Waals surface area contributed by atoms with Crippen molar-refractivity contribution in [1.82, 2.24) is 0 Å². The van der Waals surface area contributed by atoms with Gasteiger partial charge in [0.1, 0.15) is 0 Å². The summed E-state index contributed by atoms with van der Waals surface area (Å²) in [7, 11) is 1.53. The van der Waals surface area contributed by atoms with E-state index in [4.69, 9.17) is 10.7 Å². The third-order valence-corrected chi connectivity index (χ3v) is 4.85. The lowest BCUT2D eigenvalue weighted by molar-refractivity contribution is -0.116. The Morgan fingerprint density at radius 3 is 2.76 bits per heavy atom. The Morgan fingerprint density at radius 1 is 1.47 bits per heavy atom. The lowest BCUT2D eigenvalue weighted by Gasteiger charge is -2.28. The molecule has 4 nitrogen and oxygen atoms in total. The zero-order valence-corrected chi connectivity index (χ0v) is 11.4. The maximum absolute atomic E-state index is 11.5. The van der Waals surface area contributed by atoms with Crippen LogP contribution in [0, 0.1) is 0 Å². The van der Waals surface area contributed by atoms with Gasteiger partial charge in [0.25, 0.3) is 9.05 Å². The minimum Gasteiger partial charge on any atom is -0.311 e. The van der Waals surface area contributed by atoms with Crippen molar-refractivity contribution in [2.45, 2.75) is 16.7 Å². The van der Waals surface area contributed by atoms with E-state index in [0.717, 1.165) is 10.6 Å². The van der Waals surface area contributed by atoms with Gasteiger partial charge in [-0.2, -0.15) is 0 Å². The second-order valence-electron chi connectivity index (χ2n) is 3.59. The number of benzene rings is 1. The minimum atomic E-state index is -3.76. The molecule has 1 amide bonds. The Bertz CT molecular complexity index is 571. The molecule has 0 aliphatic carbocycles. The van der Waals surface area contributed by atoms with Crippen LogP contribution < -0.4 is 4.90 Å². The van der Waals surface area contributed by atoms with E-state index in [-0.39, 0.29) is 10.8 Å². The van der Waals surface area contributed by atoms with Gasteiger partial charge in [-0.15, -0.1) is 11.8 Å². The fourth-order valence-corrected chi connectivity index (χ4v) is 3.42. The number of hydrogen-bond donors (Lipinski definition) is 0. The van der Waals surface area contributed by atoms with E-state index in [1.165, 1.54) is 19.1 Å². The molecule has 1 aromatic rings. The Kier molecular flexibility index (Phi) is 3.38. The summed E-state index contributed by atoms with van der Waals surface area (Å²) in [5.74, 6) is 0.704. The summed E-state index contributed by atoms with van der Waals surface area (Å²) in [6.45, 7) is 2.04. The van der Waals surface area contributed by atoms with E-state index < -0.39 is 9.05 Å². The van der Waals surface area contributed by atoms with Gasteiger partial charge in [0.05, 0.1) is 10.6 Å². The summed E-state index contributed by atoms with van der Waals surface area (Å²) >= 11 is 1.60. The molecule has 1 aromatic carbocycles. The van der Waals surface area contributed by atoms with Crippen LogP contribution in [0.5, 0.6) is 0 Å². The topological polar surface area (TPSA) is 54.5 Å². The molecule has 17 heavy (non-hydrogen) atoms. The SMILES string of the molecule is CC(=O)N1CCSc2ccc(S(=O)(=O)Cl)cc21. The lowest BCUT2D eigenvalue weighted by atomic mass is 10.2. The van der Waals surface area contributed by atoms with Gasteiger partial charge in [0.2, 0.25) is 5.91 Å². The van der Waals surface area contributed by atoms with Crippen molar-refractivity contribution < 1.29 is 13.2 Å². The first-order valence-electron chi connectivity index (χ1n) is 4.89. The number of thioether (sulfide) groups is 1. The zero-order chi connectivity index (χ0) is 12.6. The van der Waals surface area contributed by atoms with Crippen LogP contribution in [0.4, 0.5) is 5.69 Å². The van der Waals surface area contributed by atoms with Crippen molar-refractivity contribution in [2.75, 3.05) is 17.2 Å². The number of hydrogen-bond acceptors (Lipinski definition) is 4. The van der Waals surface area contributed by atoms with Crippen LogP contribution in [0.25, 0.3) is 0 Å². The molecule has 0 aromatic heterocycles. The molecule has 0 unspecified atom stereocenters. The van der Waals surface area contributed by atoms with E-state index in [0.29, 0.717) is 12.2 Å². The summed E-state index contributed by atoms with van der Waals surface area (Å²) in [6, 6.07) is 4.59. The summed E-state index contributed by atoms with van der Waals surface area (Å²) in [6.07, 6.45) is 0. The highest BCUT2D eigenvalue weighted by Gasteiger charge is 2.22. The average Bonchev–Trinajstić information content (AvgIpc) is 2.26. The van der Waals surface area contributed by atoms with Gasteiger partial charge in [-0.3, -0.25) is 4.79 Å². The van der Waals surface area contributed by atoms with Crippen molar-refractivity contribution in [3.05, 3.63) is 18.2 Å². The Balaban J connectivity index is 2.55. The molecule has 0 N–H and O–H groups in total. The van der Waals surface area contributed by atoms with E-state index in [2.05, 4.69) is 0 Å². The smallest absolute Gasteiger partial charge is 0.261 e. The number of fused-ring (bicyclic) bond motifs is 1.